The number of aromatic nitrogens is 4. The van der Waals surface area contributed by atoms with E-state index in [4.69, 9.17) is 0 Å². The molecular weight excluding hydrogens is 250 g/mol. The molecule has 108 valence electrons. The molecule has 1 saturated carbocycles. The fourth-order valence-electron chi connectivity index (χ4n) is 2.85. The van der Waals surface area contributed by atoms with E-state index in [1.165, 1.54) is 31.2 Å². The van der Waals surface area contributed by atoms with Gasteiger partial charge in [-0.2, -0.15) is 10.2 Å². The van der Waals surface area contributed by atoms with Gasteiger partial charge in [-0.25, -0.2) is 0 Å². The highest BCUT2D eigenvalue weighted by molar-refractivity contribution is 5.39. The first-order valence-electron chi connectivity index (χ1n) is 7.64. The highest BCUT2D eigenvalue weighted by Gasteiger charge is 2.17. The third kappa shape index (κ3) is 3.03. The van der Waals surface area contributed by atoms with Gasteiger partial charge in [-0.3, -0.25) is 9.36 Å². The Morgan fingerprint density at radius 3 is 2.85 bits per heavy atom. The van der Waals surface area contributed by atoms with Gasteiger partial charge in [0.25, 0.3) is 0 Å². The van der Waals surface area contributed by atoms with Crippen LogP contribution in [-0.4, -0.2) is 19.6 Å². The molecule has 20 heavy (non-hydrogen) atoms. The maximum Gasteiger partial charge on any atom is 0.0729 e. The molecule has 0 saturated heterocycles. The second-order valence-electron chi connectivity index (χ2n) is 5.61. The summed E-state index contributed by atoms with van der Waals surface area (Å²) in [5.41, 5.74) is 2.31. The van der Waals surface area contributed by atoms with Crippen molar-refractivity contribution in [1.29, 1.82) is 0 Å². The Bertz CT molecular complexity index is 536. The second-order valence-corrected chi connectivity index (χ2v) is 5.61. The van der Waals surface area contributed by atoms with Crippen LogP contribution in [0.3, 0.4) is 0 Å². The van der Waals surface area contributed by atoms with Crippen LogP contribution in [0, 0.1) is 0 Å². The smallest absolute Gasteiger partial charge is 0.0729 e. The molecule has 2 aromatic heterocycles. The van der Waals surface area contributed by atoms with Gasteiger partial charge >= 0.3 is 0 Å². The lowest BCUT2D eigenvalue weighted by molar-refractivity contribution is 0.467. The van der Waals surface area contributed by atoms with E-state index < -0.39 is 0 Å². The molecule has 5 nitrogen and oxygen atoms in total. The molecule has 0 aromatic carbocycles. The van der Waals surface area contributed by atoms with E-state index in [1.807, 2.05) is 17.1 Å². The number of anilines is 1. The maximum absolute atomic E-state index is 4.48. The van der Waals surface area contributed by atoms with Crippen molar-refractivity contribution < 1.29 is 0 Å². The predicted molar refractivity (Wildman–Crippen MR) is 79.6 cm³/mol. The van der Waals surface area contributed by atoms with Crippen LogP contribution in [0.2, 0.25) is 0 Å². The molecule has 1 aliphatic rings. The Hall–Kier alpha value is -1.78. The van der Waals surface area contributed by atoms with Gasteiger partial charge in [0.1, 0.15) is 0 Å². The molecule has 0 unspecified atom stereocenters. The standard InChI is InChI=1S/C15H23N5/c1-2-7-19-11-13(9-17-19)8-16-14-10-18-20(12-14)15-5-3-4-6-15/h9-12,15-16H,2-8H2,1H3. The van der Waals surface area contributed by atoms with Crippen molar-refractivity contribution in [3.05, 3.63) is 30.4 Å². The third-order valence-corrected chi connectivity index (χ3v) is 3.94. The van der Waals surface area contributed by atoms with E-state index in [9.17, 15) is 0 Å². The maximum atomic E-state index is 4.48. The first kappa shape index (κ1) is 13.2. The summed E-state index contributed by atoms with van der Waals surface area (Å²) >= 11 is 0. The summed E-state index contributed by atoms with van der Waals surface area (Å²) in [6, 6.07) is 0.609. The minimum Gasteiger partial charge on any atom is -0.378 e. The number of hydrogen-bond acceptors (Lipinski definition) is 3. The van der Waals surface area contributed by atoms with Crippen LogP contribution in [0.4, 0.5) is 5.69 Å². The van der Waals surface area contributed by atoms with Crippen LogP contribution in [0.25, 0.3) is 0 Å². The summed E-state index contributed by atoms with van der Waals surface area (Å²) in [6.45, 7) is 3.96. The second kappa shape index (κ2) is 6.11. The summed E-state index contributed by atoms with van der Waals surface area (Å²) < 4.78 is 4.12. The number of aryl methyl sites for hydroxylation is 1. The van der Waals surface area contributed by atoms with Crippen molar-refractivity contribution >= 4 is 5.69 Å². The first-order chi connectivity index (χ1) is 9.85. The Kier molecular flexibility index (Phi) is 4.04. The lowest BCUT2D eigenvalue weighted by Crippen LogP contribution is -2.04. The SMILES string of the molecule is CCCn1cc(CNc2cnn(C3CCCC3)c2)cn1. The van der Waals surface area contributed by atoms with Crippen LogP contribution in [-0.2, 0) is 13.1 Å². The van der Waals surface area contributed by atoms with Crippen LogP contribution in [0.1, 0.15) is 50.6 Å². The number of nitrogens with zero attached hydrogens (tertiary/aromatic N) is 4. The van der Waals surface area contributed by atoms with E-state index in [1.54, 1.807) is 0 Å². The van der Waals surface area contributed by atoms with Gasteiger partial charge < -0.3 is 5.32 Å². The largest absolute Gasteiger partial charge is 0.378 e. The molecule has 1 fully saturated rings. The zero-order valence-corrected chi connectivity index (χ0v) is 12.1. The molecule has 2 heterocycles. The molecule has 1 aliphatic carbocycles. The quantitative estimate of drug-likeness (QED) is 0.879. The van der Waals surface area contributed by atoms with Gasteiger partial charge in [-0.1, -0.05) is 19.8 Å². The molecule has 0 atom stereocenters. The molecule has 0 radical (unpaired) electrons. The minimum absolute atomic E-state index is 0.609. The Balaban J connectivity index is 1.54. The minimum atomic E-state index is 0.609. The van der Waals surface area contributed by atoms with Crippen molar-refractivity contribution in [2.45, 2.75) is 58.2 Å². The van der Waals surface area contributed by atoms with Crippen LogP contribution in [0.5, 0.6) is 0 Å². The van der Waals surface area contributed by atoms with E-state index >= 15 is 0 Å². The van der Waals surface area contributed by atoms with Crippen molar-refractivity contribution in [2.75, 3.05) is 5.32 Å². The zero-order chi connectivity index (χ0) is 13.8. The number of hydrogen-bond donors (Lipinski definition) is 1. The summed E-state index contributed by atoms with van der Waals surface area (Å²) in [7, 11) is 0. The molecule has 5 heteroatoms. The monoisotopic (exact) mass is 273 g/mol. The highest BCUT2D eigenvalue weighted by Crippen LogP contribution is 2.29. The molecule has 0 bridgehead atoms. The summed E-state index contributed by atoms with van der Waals surface area (Å²) in [6.07, 6.45) is 14.4. The van der Waals surface area contributed by atoms with Crippen molar-refractivity contribution in [3.8, 4) is 0 Å². The van der Waals surface area contributed by atoms with Crippen molar-refractivity contribution in [3.63, 3.8) is 0 Å². The Morgan fingerprint density at radius 2 is 2.05 bits per heavy atom. The number of nitrogens with one attached hydrogen (secondary N) is 1. The Labute approximate surface area is 120 Å². The fraction of sp³-hybridized carbons (Fsp3) is 0.600. The van der Waals surface area contributed by atoms with Crippen LogP contribution >= 0.6 is 0 Å². The highest BCUT2D eigenvalue weighted by atomic mass is 15.3. The van der Waals surface area contributed by atoms with Gasteiger partial charge in [0.15, 0.2) is 0 Å². The lowest BCUT2D eigenvalue weighted by atomic mass is 10.3. The molecule has 1 N–H and O–H groups in total. The molecule has 0 amide bonds. The van der Waals surface area contributed by atoms with E-state index in [2.05, 4.69) is 39.5 Å². The predicted octanol–water partition coefficient (Wildman–Crippen LogP) is 3.22. The average Bonchev–Trinajstić information content (AvgIpc) is 3.18. The molecule has 2 aromatic rings. The van der Waals surface area contributed by atoms with Crippen molar-refractivity contribution in [2.24, 2.45) is 0 Å². The van der Waals surface area contributed by atoms with E-state index in [-0.39, 0.29) is 0 Å². The number of rotatable bonds is 6. The zero-order valence-electron chi connectivity index (χ0n) is 12.1. The molecular formula is C15H23N5. The molecule has 0 spiro atoms. The lowest BCUT2D eigenvalue weighted by Gasteiger charge is -2.08. The topological polar surface area (TPSA) is 47.7 Å². The molecule has 0 aliphatic heterocycles. The van der Waals surface area contributed by atoms with Gasteiger partial charge in [-0.15, -0.1) is 0 Å². The normalized spacial score (nSPS) is 15.8. The van der Waals surface area contributed by atoms with Gasteiger partial charge in [0.2, 0.25) is 0 Å². The summed E-state index contributed by atoms with van der Waals surface area (Å²) in [4.78, 5) is 0. The van der Waals surface area contributed by atoms with Crippen molar-refractivity contribution in [1.82, 2.24) is 19.6 Å². The summed E-state index contributed by atoms with van der Waals surface area (Å²) in [5, 5.41) is 12.2. The molecule has 3 rings (SSSR count). The third-order valence-electron chi connectivity index (χ3n) is 3.94. The fourth-order valence-corrected chi connectivity index (χ4v) is 2.85. The van der Waals surface area contributed by atoms with Gasteiger partial charge in [-0.05, 0) is 19.3 Å². The van der Waals surface area contributed by atoms with Gasteiger partial charge in [0, 0.05) is 31.0 Å². The van der Waals surface area contributed by atoms with Crippen LogP contribution in [0.15, 0.2) is 24.8 Å². The van der Waals surface area contributed by atoms with Crippen LogP contribution < -0.4 is 5.32 Å². The summed E-state index contributed by atoms with van der Waals surface area (Å²) in [5.74, 6) is 0. The van der Waals surface area contributed by atoms with E-state index in [0.29, 0.717) is 6.04 Å². The van der Waals surface area contributed by atoms with E-state index in [0.717, 1.165) is 25.2 Å². The first-order valence-corrected chi connectivity index (χ1v) is 7.64. The Morgan fingerprint density at radius 1 is 1.20 bits per heavy atom. The van der Waals surface area contributed by atoms with Gasteiger partial charge in [0.05, 0.1) is 24.1 Å². The average molecular weight is 273 g/mol.